The van der Waals surface area contributed by atoms with Crippen LogP contribution in [0.4, 0.5) is 10.7 Å². The van der Waals surface area contributed by atoms with Gasteiger partial charge in [-0.25, -0.2) is 14.8 Å². The van der Waals surface area contributed by atoms with Crippen molar-refractivity contribution in [3.63, 3.8) is 0 Å². The second-order valence-electron chi connectivity index (χ2n) is 6.48. The molecule has 0 aromatic carbocycles. The number of hydrogen-bond acceptors (Lipinski definition) is 6. The van der Waals surface area contributed by atoms with Crippen LogP contribution in [-0.4, -0.2) is 38.8 Å². The van der Waals surface area contributed by atoms with E-state index in [0.29, 0.717) is 18.4 Å². The maximum Gasteiger partial charge on any atom is 0.414 e. The summed E-state index contributed by atoms with van der Waals surface area (Å²) in [6.07, 6.45) is 2.84. The Bertz CT molecular complexity index is 574. The third kappa shape index (κ3) is 3.33. The maximum absolute atomic E-state index is 11.6. The summed E-state index contributed by atoms with van der Waals surface area (Å²) in [5.41, 5.74) is 4.54. The molecule has 1 amide bonds. The minimum atomic E-state index is -1.02. The molecule has 0 bridgehead atoms. The largest absolute Gasteiger partial charge is 0.481 e. The van der Waals surface area contributed by atoms with Crippen molar-refractivity contribution in [1.29, 1.82) is 0 Å². The third-order valence-corrected chi connectivity index (χ3v) is 3.45. The smallest absolute Gasteiger partial charge is 0.414 e. The number of aliphatic carboxylic acids is 1. The number of nitrogens with two attached hydrogens (primary N) is 1. The zero-order valence-corrected chi connectivity index (χ0v) is 12.8. The summed E-state index contributed by atoms with van der Waals surface area (Å²) in [7, 11) is 0. The number of nitrogens with one attached hydrogen (secondary N) is 1. The number of hydrogen-bond donors (Lipinski definition) is 3. The molecule has 22 heavy (non-hydrogen) atoms. The van der Waals surface area contributed by atoms with Crippen molar-refractivity contribution >= 4 is 18.0 Å². The van der Waals surface area contributed by atoms with Crippen LogP contribution < -0.4 is 11.1 Å². The lowest BCUT2D eigenvalue weighted by molar-refractivity contribution is -0.148. The van der Waals surface area contributed by atoms with E-state index >= 15 is 0 Å². The molecule has 0 atom stereocenters. The Balaban J connectivity index is 2.08. The highest BCUT2D eigenvalue weighted by Gasteiger charge is 2.51. The molecule has 1 heterocycles. The second-order valence-corrected chi connectivity index (χ2v) is 6.48. The molecule has 1 aromatic rings. The first-order chi connectivity index (χ1) is 10.1. The van der Waals surface area contributed by atoms with Gasteiger partial charge in [0.25, 0.3) is 0 Å². The number of rotatable bonds is 3. The summed E-state index contributed by atoms with van der Waals surface area (Å²) in [5.74, 6) is -0.882. The Kier molecular flexibility index (Phi) is 4.06. The first-order valence-electron chi connectivity index (χ1n) is 6.94. The van der Waals surface area contributed by atoms with Gasteiger partial charge < -0.3 is 15.6 Å². The van der Waals surface area contributed by atoms with Crippen LogP contribution in [-0.2, 0) is 14.9 Å². The molecule has 1 saturated carbocycles. The number of ether oxygens (including phenoxy) is 1. The van der Waals surface area contributed by atoms with Crippen LogP contribution in [0.1, 0.15) is 39.2 Å². The fourth-order valence-corrected chi connectivity index (χ4v) is 2.40. The fourth-order valence-electron chi connectivity index (χ4n) is 2.40. The van der Waals surface area contributed by atoms with E-state index in [2.05, 4.69) is 15.3 Å². The number of anilines is 1. The summed E-state index contributed by atoms with van der Waals surface area (Å²) in [6, 6.07) is -0.129. The average molecular weight is 308 g/mol. The zero-order chi connectivity index (χ0) is 16.5. The summed E-state index contributed by atoms with van der Waals surface area (Å²) >= 11 is 0. The van der Waals surface area contributed by atoms with Gasteiger partial charge in [0.1, 0.15) is 5.60 Å². The van der Waals surface area contributed by atoms with E-state index in [1.165, 1.54) is 12.4 Å². The van der Waals surface area contributed by atoms with E-state index in [1.54, 1.807) is 20.8 Å². The van der Waals surface area contributed by atoms with E-state index in [1.807, 2.05) is 0 Å². The molecular formula is C14H20N4O4. The summed E-state index contributed by atoms with van der Waals surface area (Å²) < 4.78 is 5.08. The highest BCUT2D eigenvalue weighted by molar-refractivity contribution is 5.84. The molecule has 0 aliphatic heterocycles. The minimum absolute atomic E-state index is 0.0576. The number of amides is 1. The van der Waals surface area contributed by atoms with Gasteiger partial charge >= 0.3 is 12.1 Å². The van der Waals surface area contributed by atoms with E-state index in [4.69, 9.17) is 10.5 Å². The van der Waals surface area contributed by atoms with E-state index in [0.717, 1.165) is 0 Å². The van der Waals surface area contributed by atoms with Gasteiger partial charge in [-0.15, -0.1) is 0 Å². The van der Waals surface area contributed by atoms with Crippen molar-refractivity contribution in [1.82, 2.24) is 9.97 Å². The van der Waals surface area contributed by atoms with Crippen molar-refractivity contribution in [2.75, 3.05) is 5.32 Å². The normalized spacial score (nSPS) is 24.3. The van der Waals surface area contributed by atoms with Gasteiger partial charge in [0.2, 0.25) is 5.95 Å². The molecule has 1 aliphatic rings. The Hall–Kier alpha value is -2.22. The van der Waals surface area contributed by atoms with E-state index < -0.39 is 23.1 Å². The Morgan fingerprint density at radius 3 is 2.32 bits per heavy atom. The summed E-state index contributed by atoms with van der Waals surface area (Å²) in [6.45, 7) is 5.23. The maximum atomic E-state index is 11.6. The third-order valence-electron chi connectivity index (χ3n) is 3.45. The first kappa shape index (κ1) is 16.2. The van der Waals surface area contributed by atoms with E-state index in [-0.39, 0.29) is 12.0 Å². The molecule has 0 unspecified atom stereocenters. The van der Waals surface area contributed by atoms with Gasteiger partial charge in [-0.2, -0.15) is 0 Å². The monoisotopic (exact) mass is 308 g/mol. The molecule has 1 aliphatic carbocycles. The first-order valence-corrected chi connectivity index (χ1v) is 6.94. The van der Waals surface area contributed by atoms with Crippen molar-refractivity contribution < 1.29 is 19.4 Å². The standard InChI is InChI=1S/C14H20N4O4/c1-13(2,3)22-12(21)18-11-16-6-8(7-17-11)14(10(19)20)4-9(15)5-14/h6-7,9H,4-5,15H2,1-3H3,(H,19,20)(H,16,17,18,21). The molecule has 4 N–H and O–H groups in total. The van der Waals surface area contributed by atoms with Crippen LogP contribution in [0.2, 0.25) is 0 Å². The average Bonchev–Trinajstić information content (AvgIpc) is 2.33. The summed E-state index contributed by atoms with van der Waals surface area (Å²) in [4.78, 5) is 31.0. The highest BCUT2D eigenvalue weighted by atomic mass is 16.6. The van der Waals surface area contributed by atoms with Crippen LogP contribution in [0.25, 0.3) is 0 Å². The van der Waals surface area contributed by atoms with Crippen molar-refractivity contribution in [2.45, 2.75) is 50.7 Å². The quantitative estimate of drug-likeness (QED) is 0.767. The molecule has 8 heteroatoms. The fraction of sp³-hybridized carbons (Fsp3) is 0.571. The minimum Gasteiger partial charge on any atom is -0.481 e. The molecule has 0 saturated heterocycles. The van der Waals surface area contributed by atoms with E-state index in [9.17, 15) is 14.7 Å². The number of carbonyl (C=O) groups excluding carboxylic acids is 1. The molecule has 1 fully saturated rings. The zero-order valence-electron chi connectivity index (χ0n) is 12.8. The lowest BCUT2D eigenvalue weighted by Crippen LogP contribution is -2.54. The van der Waals surface area contributed by atoms with Gasteiger partial charge in [0.05, 0.1) is 5.41 Å². The summed E-state index contributed by atoms with van der Waals surface area (Å²) in [5, 5.41) is 11.8. The predicted molar refractivity (Wildman–Crippen MR) is 78.4 cm³/mol. The highest BCUT2D eigenvalue weighted by Crippen LogP contribution is 2.42. The van der Waals surface area contributed by atoms with Gasteiger partial charge in [-0.1, -0.05) is 0 Å². The van der Waals surface area contributed by atoms with Crippen LogP contribution >= 0.6 is 0 Å². The van der Waals surface area contributed by atoms with Crippen LogP contribution in [0.5, 0.6) is 0 Å². The predicted octanol–water partition coefficient (Wildman–Crippen LogP) is 1.27. The Morgan fingerprint density at radius 1 is 1.36 bits per heavy atom. The van der Waals surface area contributed by atoms with Gasteiger partial charge in [0.15, 0.2) is 0 Å². The Morgan fingerprint density at radius 2 is 1.91 bits per heavy atom. The second kappa shape index (κ2) is 5.53. The SMILES string of the molecule is CC(C)(C)OC(=O)Nc1ncc(C2(C(=O)O)CC(N)C2)cn1. The molecule has 0 spiro atoms. The molecule has 2 rings (SSSR count). The Labute approximate surface area is 128 Å². The number of carbonyl (C=O) groups is 2. The molecular weight excluding hydrogens is 288 g/mol. The number of carboxylic acids is 1. The molecule has 1 aromatic heterocycles. The number of carboxylic acid groups (broad SMARTS) is 1. The lowest BCUT2D eigenvalue weighted by atomic mass is 9.62. The van der Waals surface area contributed by atoms with Gasteiger partial charge in [-0.3, -0.25) is 10.1 Å². The van der Waals surface area contributed by atoms with Gasteiger partial charge in [-0.05, 0) is 33.6 Å². The van der Waals surface area contributed by atoms with Gasteiger partial charge in [0, 0.05) is 24.0 Å². The van der Waals surface area contributed by atoms with Crippen molar-refractivity contribution in [3.05, 3.63) is 18.0 Å². The van der Waals surface area contributed by atoms with Crippen molar-refractivity contribution in [3.8, 4) is 0 Å². The van der Waals surface area contributed by atoms with Crippen LogP contribution in [0, 0.1) is 0 Å². The molecule has 0 radical (unpaired) electrons. The number of aromatic nitrogens is 2. The topological polar surface area (TPSA) is 127 Å². The van der Waals surface area contributed by atoms with Crippen molar-refractivity contribution in [2.24, 2.45) is 5.73 Å². The van der Waals surface area contributed by atoms with Crippen LogP contribution in [0.3, 0.4) is 0 Å². The number of nitrogens with zero attached hydrogens (tertiary/aromatic N) is 2. The lowest BCUT2D eigenvalue weighted by Gasteiger charge is -2.42. The molecule has 8 nitrogen and oxygen atoms in total. The van der Waals surface area contributed by atoms with Crippen LogP contribution in [0.15, 0.2) is 12.4 Å². The molecule has 120 valence electrons.